The number of rotatable bonds is 4. The molecule has 0 radical (unpaired) electrons. The standard InChI is InChI=1S/C11H9N3O6/c12-13(9(15)5-6-10(16)17)11(18)7-3-1-2-4-8(7)14(19)20/h1-6H,12H2,(H,16,17)/b6-5-. The van der Waals surface area contributed by atoms with Crippen LogP contribution in [0.3, 0.4) is 0 Å². The minimum Gasteiger partial charge on any atom is -0.478 e. The molecule has 0 bridgehead atoms. The summed E-state index contributed by atoms with van der Waals surface area (Å²) in [5.74, 6) is 1.59. The zero-order chi connectivity index (χ0) is 15.3. The third kappa shape index (κ3) is 3.46. The van der Waals surface area contributed by atoms with E-state index in [4.69, 9.17) is 10.9 Å². The quantitative estimate of drug-likeness (QED) is 0.261. The zero-order valence-corrected chi connectivity index (χ0v) is 9.92. The van der Waals surface area contributed by atoms with Crippen LogP contribution >= 0.6 is 0 Å². The second-order valence-electron chi connectivity index (χ2n) is 3.46. The van der Waals surface area contributed by atoms with Crippen molar-refractivity contribution >= 4 is 23.5 Å². The Balaban J connectivity index is 3.04. The highest BCUT2D eigenvalue weighted by Crippen LogP contribution is 2.18. The van der Waals surface area contributed by atoms with E-state index in [1.807, 2.05) is 0 Å². The molecule has 0 saturated heterocycles. The van der Waals surface area contributed by atoms with E-state index in [1.165, 1.54) is 12.1 Å². The molecule has 0 aliphatic carbocycles. The molecule has 9 heteroatoms. The number of nitrogens with zero attached hydrogens (tertiary/aromatic N) is 2. The van der Waals surface area contributed by atoms with Gasteiger partial charge in [-0.2, -0.15) is 0 Å². The van der Waals surface area contributed by atoms with E-state index < -0.39 is 28.4 Å². The van der Waals surface area contributed by atoms with Crippen molar-refractivity contribution in [3.8, 4) is 0 Å². The highest BCUT2D eigenvalue weighted by atomic mass is 16.6. The molecular weight excluding hydrogens is 270 g/mol. The summed E-state index contributed by atoms with van der Waals surface area (Å²) in [5, 5.41) is 19.2. The lowest BCUT2D eigenvalue weighted by Crippen LogP contribution is -2.41. The number of benzene rings is 1. The summed E-state index contributed by atoms with van der Waals surface area (Å²) >= 11 is 0. The van der Waals surface area contributed by atoms with Crippen molar-refractivity contribution in [2.75, 3.05) is 0 Å². The van der Waals surface area contributed by atoms with E-state index in [9.17, 15) is 24.5 Å². The molecule has 0 saturated carbocycles. The van der Waals surface area contributed by atoms with Gasteiger partial charge in [0.15, 0.2) is 0 Å². The number of carboxylic acid groups (broad SMARTS) is 1. The van der Waals surface area contributed by atoms with Crippen molar-refractivity contribution in [1.82, 2.24) is 5.01 Å². The number of hydrogen-bond donors (Lipinski definition) is 2. The molecular formula is C11H9N3O6. The second-order valence-corrected chi connectivity index (χ2v) is 3.46. The van der Waals surface area contributed by atoms with Crippen LogP contribution in [0, 0.1) is 10.1 Å². The number of carboxylic acids is 1. The van der Waals surface area contributed by atoms with Gasteiger partial charge in [0.25, 0.3) is 17.5 Å². The molecule has 2 amide bonds. The molecule has 9 nitrogen and oxygen atoms in total. The highest BCUT2D eigenvalue weighted by Gasteiger charge is 2.25. The molecule has 0 atom stereocenters. The van der Waals surface area contributed by atoms with Crippen molar-refractivity contribution in [3.63, 3.8) is 0 Å². The minimum absolute atomic E-state index is 0.0990. The molecule has 1 aromatic rings. The first-order valence-corrected chi connectivity index (χ1v) is 5.12. The average molecular weight is 279 g/mol. The van der Waals surface area contributed by atoms with Gasteiger partial charge in [-0.1, -0.05) is 12.1 Å². The predicted molar refractivity (Wildman–Crippen MR) is 65.2 cm³/mol. The third-order valence-electron chi connectivity index (χ3n) is 2.16. The summed E-state index contributed by atoms with van der Waals surface area (Å²) in [4.78, 5) is 43.4. The number of para-hydroxylation sites is 1. The van der Waals surface area contributed by atoms with Crippen LogP contribution < -0.4 is 5.84 Å². The lowest BCUT2D eigenvalue weighted by molar-refractivity contribution is -0.385. The number of carbonyl (C=O) groups excluding carboxylic acids is 2. The van der Waals surface area contributed by atoms with Crippen LogP contribution in [0.5, 0.6) is 0 Å². The Morgan fingerprint density at radius 2 is 1.85 bits per heavy atom. The Morgan fingerprint density at radius 1 is 1.25 bits per heavy atom. The smallest absolute Gasteiger partial charge is 0.328 e. The molecule has 0 spiro atoms. The minimum atomic E-state index is -1.40. The number of amides is 2. The van der Waals surface area contributed by atoms with Gasteiger partial charge in [-0.15, -0.1) is 0 Å². The first-order chi connectivity index (χ1) is 9.34. The summed E-state index contributed by atoms with van der Waals surface area (Å²) < 4.78 is 0. The molecule has 0 heterocycles. The molecule has 104 valence electrons. The molecule has 0 aliphatic heterocycles. The van der Waals surface area contributed by atoms with Gasteiger partial charge in [0.1, 0.15) is 5.56 Å². The fourth-order valence-electron chi connectivity index (χ4n) is 1.27. The number of aliphatic carboxylic acids is 1. The van der Waals surface area contributed by atoms with Crippen LogP contribution in [0.1, 0.15) is 10.4 Å². The van der Waals surface area contributed by atoms with E-state index in [-0.39, 0.29) is 10.6 Å². The molecule has 1 aromatic carbocycles. The highest BCUT2D eigenvalue weighted by molar-refractivity contribution is 6.10. The molecule has 20 heavy (non-hydrogen) atoms. The number of hydrazine groups is 1. The summed E-state index contributed by atoms with van der Waals surface area (Å²) in [6.07, 6.45) is 1.06. The number of imide groups is 1. The first-order valence-electron chi connectivity index (χ1n) is 5.12. The SMILES string of the molecule is NN(C(=O)/C=C\C(=O)O)C(=O)c1ccccc1[N+](=O)[O-]. The average Bonchev–Trinajstić information content (AvgIpc) is 2.42. The molecule has 1 rings (SSSR count). The maximum Gasteiger partial charge on any atom is 0.328 e. The van der Waals surface area contributed by atoms with Gasteiger partial charge in [0, 0.05) is 18.2 Å². The number of nitrogens with two attached hydrogens (primary N) is 1. The molecule has 3 N–H and O–H groups in total. The maximum atomic E-state index is 11.9. The third-order valence-corrected chi connectivity index (χ3v) is 2.16. The Bertz CT molecular complexity index is 610. The van der Waals surface area contributed by atoms with Gasteiger partial charge < -0.3 is 5.11 Å². The van der Waals surface area contributed by atoms with E-state index in [0.717, 1.165) is 12.1 Å². The van der Waals surface area contributed by atoms with Crippen LogP contribution in [0.15, 0.2) is 36.4 Å². The zero-order valence-electron chi connectivity index (χ0n) is 9.92. The van der Waals surface area contributed by atoms with Crippen molar-refractivity contribution in [2.45, 2.75) is 0 Å². The Morgan fingerprint density at radius 3 is 2.40 bits per heavy atom. The van der Waals surface area contributed by atoms with Crippen molar-refractivity contribution in [1.29, 1.82) is 0 Å². The molecule has 0 unspecified atom stereocenters. The fraction of sp³-hybridized carbons (Fsp3) is 0. The predicted octanol–water partition coefficient (Wildman–Crippen LogP) is 0.0781. The van der Waals surface area contributed by atoms with E-state index in [2.05, 4.69) is 0 Å². The normalized spacial score (nSPS) is 10.2. The van der Waals surface area contributed by atoms with E-state index >= 15 is 0 Å². The van der Waals surface area contributed by atoms with Crippen LogP contribution in [0.25, 0.3) is 0 Å². The summed E-state index contributed by atoms with van der Waals surface area (Å²) in [7, 11) is 0. The number of hydrogen-bond acceptors (Lipinski definition) is 6. The maximum absolute atomic E-state index is 11.9. The van der Waals surface area contributed by atoms with Gasteiger partial charge in [0.05, 0.1) is 4.92 Å². The van der Waals surface area contributed by atoms with Crippen LogP contribution in [-0.2, 0) is 9.59 Å². The van der Waals surface area contributed by atoms with Crippen LogP contribution in [0.2, 0.25) is 0 Å². The monoisotopic (exact) mass is 279 g/mol. The number of nitro groups is 1. The van der Waals surface area contributed by atoms with Gasteiger partial charge in [-0.25, -0.2) is 15.6 Å². The van der Waals surface area contributed by atoms with Gasteiger partial charge in [-0.3, -0.25) is 19.7 Å². The largest absolute Gasteiger partial charge is 0.478 e. The Kier molecular flexibility index (Phi) is 4.65. The lowest BCUT2D eigenvalue weighted by Gasteiger charge is -2.12. The van der Waals surface area contributed by atoms with Crippen molar-refractivity contribution in [3.05, 3.63) is 52.1 Å². The van der Waals surface area contributed by atoms with Gasteiger partial charge in [0.2, 0.25) is 0 Å². The summed E-state index contributed by atoms with van der Waals surface area (Å²) in [5.41, 5.74) is -0.889. The lowest BCUT2D eigenvalue weighted by atomic mass is 10.1. The first kappa shape index (κ1) is 15.0. The summed E-state index contributed by atoms with van der Waals surface area (Å²) in [6.45, 7) is 0. The topological polar surface area (TPSA) is 144 Å². The Labute approximate surface area is 112 Å². The molecule has 0 aliphatic rings. The van der Waals surface area contributed by atoms with Gasteiger partial charge >= 0.3 is 5.97 Å². The molecule has 0 aromatic heterocycles. The molecule has 0 fully saturated rings. The van der Waals surface area contributed by atoms with Crippen LogP contribution in [-0.4, -0.2) is 32.8 Å². The fourth-order valence-corrected chi connectivity index (χ4v) is 1.27. The van der Waals surface area contributed by atoms with E-state index in [1.54, 1.807) is 0 Å². The van der Waals surface area contributed by atoms with Gasteiger partial charge in [-0.05, 0) is 6.07 Å². The van der Waals surface area contributed by atoms with Crippen LogP contribution in [0.4, 0.5) is 5.69 Å². The van der Waals surface area contributed by atoms with Crippen molar-refractivity contribution in [2.24, 2.45) is 5.84 Å². The van der Waals surface area contributed by atoms with E-state index in [0.29, 0.717) is 12.2 Å². The van der Waals surface area contributed by atoms with Crippen molar-refractivity contribution < 1.29 is 24.4 Å². The second kappa shape index (κ2) is 6.20. The number of nitro benzene ring substituents is 1. The Hall–Kier alpha value is -3.07. The summed E-state index contributed by atoms with van der Waals surface area (Å²) in [6, 6.07) is 4.93. The number of carbonyl (C=O) groups is 3.